The Hall–Kier alpha value is -0.0800. The van der Waals surface area contributed by atoms with E-state index in [1.807, 2.05) is 0 Å². The molecule has 2 N–H and O–H groups in total. The minimum absolute atomic E-state index is 0.332. The van der Waals surface area contributed by atoms with Crippen LogP contribution < -0.4 is 5.73 Å². The van der Waals surface area contributed by atoms with Crippen LogP contribution in [0.15, 0.2) is 0 Å². The van der Waals surface area contributed by atoms with Gasteiger partial charge < -0.3 is 10.6 Å². The van der Waals surface area contributed by atoms with E-state index in [0.717, 1.165) is 12.5 Å². The second-order valence-electron chi connectivity index (χ2n) is 5.63. The third-order valence-corrected chi connectivity index (χ3v) is 3.67. The molecule has 0 spiro atoms. The summed E-state index contributed by atoms with van der Waals surface area (Å²) in [4.78, 5) is 2.43. The minimum atomic E-state index is 0.332. The lowest BCUT2D eigenvalue weighted by molar-refractivity contribution is 0.213. The summed E-state index contributed by atoms with van der Waals surface area (Å²) in [7, 11) is 2.22. The van der Waals surface area contributed by atoms with Gasteiger partial charge in [-0.15, -0.1) is 0 Å². The summed E-state index contributed by atoms with van der Waals surface area (Å²) in [6.07, 6.45) is 7.19. The van der Waals surface area contributed by atoms with Crippen LogP contribution in [0.1, 0.15) is 46.0 Å². The van der Waals surface area contributed by atoms with Crippen molar-refractivity contribution in [3.05, 3.63) is 0 Å². The number of rotatable bonds is 5. The molecule has 2 heteroatoms. The summed E-state index contributed by atoms with van der Waals surface area (Å²) in [6, 6.07) is 0.332. The lowest BCUT2D eigenvalue weighted by Crippen LogP contribution is -2.40. The number of likely N-dealkylation sites (N-methyl/N-ethyl adjacent to an activating group) is 1. The molecule has 1 aliphatic carbocycles. The molecule has 0 aromatic carbocycles. The molecule has 0 saturated heterocycles. The normalized spacial score (nSPS) is 21.2. The third-order valence-electron chi connectivity index (χ3n) is 3.67. The Kier molecular flexibility index (Phi) is 5.62. The quantitative estimate of drug-likeness (QED) is 0.758. The molecule has 0 heterocycles. The Morgan fingerprint density at radius 2 is 1.80 bits per heavy atom. The van der Waals surface area contributed by atoms with Crippen molar-refractivity contribution >= 4 is 0 Å². The highest BCUT2D eigenvalue weighted by molar-refractivity contribution is 4.73. The molecular formula is C13H28N2. The van der Waals surface area contributed by atoms with Crippen molar-refractivity contribution < 1.29 is 0 Å². The molecule has 0 bridgehead atoms. The van der Waals surface area contributed by atoms with Crippen molar-refractivity contribution in [1.29, 1.82) is 0 Å². The first kappa shape index (κ1) is 13.0. The van der Waals surface area contributed by atoms with Crippen LogP contribution >= 0.6 is 0 Å². The zero-order valence-electron chi connectivity index (χ0n) is 10.7. The molecule has 0 radical (unpaired) electrons. The van der Waals surface area contributed by atoms with Gasteiger partial charge in [-0.3, -0.25) is 0 Å². The smallest absolute Gasteiger partial charge is 0.0191 e. The molecule has 1 rings (SSSR count). The molecule has 90 valence electrons. The van der Waals surface area contributed by atoms with Crippen molar-refractivity contribution in [3.8, 4) is 0 Å². The second kappa shape index (κ2) is 6.49. The van der Waals surface area contributed by atoms with Gasteiger partial charge in [-0.1, -0.05) is 33.1 Å². The zero-order valence-corrected chi connectivity index (χ0v) is 10.7. The van der Waals surface area contributed by atoms with Crippen molar-refractivity contribution in [2.24, 2.45) is 17.6 Å². The summed E-state index contributed by atoms with van der Waals surface area (Å²) in [5, 5.41) is 0. The summed E-state index contributed by atoms with van der Waals surface area (Å²) in [5.41, 5.74) is 6.08. The summed E-state index contributed by atoms with van der Waals surface area (Å²) >= 11 is 0. The fourth-order valence-electron chi connectivity index (χ4n) is 2.46. The number of hydrogen-bond donors (Lipinski definition) is 1. The highest BCUT2D eigenvalue weighted by Gasteiger charge is 2.17. The van der Waals surface area contributed by atoms with Gasteiger partial charge in [0.1, 0.15) is 0 Å². The third kappa shape index (κ3) is 4.98. The van der Waals surface area contributed by atoms with Gasteiger partial charge in [0.05, 0.1) is 0 Å². The van der Waals surface area contributed by atoms with Gasteiger partial charge in [0.25, 0.3) is 0 Å². The van der Waals surface area contributed by atoms with Gasteiger partial charge in [-0.2, -0.15) is 0 Å². The molecule has 2 nitrogen and oxygen atoms in total. The molecule has 0 aliphatic heterocycles. The first-order chi connectivity index (χ1) is 7.09. The summed E-state index contributed by atoms with van der Waals surface area (Å²) < 4.78 is 0. The molecule has 1 atom stereocenters. The highest BCUT2D eigenvalue weighted by atomic mass is 15.1. The van der Waals surface area contributed by atoms with Crippen molar-refractivity contribution in [1.82, 2.24) is 4.90 Å². The van der Waals surface area contributed by atoms with Crippen LogP contribution in [0.25, 0.3) is 0 Å². The second-order valence-corrected chi connectivity index (χ2v) is 5.63. The monoisotopic (exact) mass is 212 g/mol. The van der Waals surface area contributed by atoms with Gasteiger partial charge in [0, 0.05) is 19.1 Å². The Morgan fingerprint density at radius 1 is 1.20 bits per heavy atom. The topological polar surface area (TPSA) is 29.3 Å². The fraction of sp³-hybridized carbons (Fsp3) is 1.00. The lowest BCUT2D eigenvalue weighted by Gasteiger charge is -2.29. The van der Waals surface area contributed by atoms with Crippen LogP contribution in [-0.4, -0.2) is 31.1 Å². The van der Waals surface area contributed by atoms with E-state index >= 15 is 0 Å². The van der Waals surface area contributed by atoms with Gasteiger partial charge >= 0.3 is 0 Å². The minimum Gasteiger partial charge on any atom is -0.326 e. The van der Waals surface area contributed by atoms with Crippen LogP contribution in [0.5, 0.6) is 0 Å². The van der Waals surface area contributed by atoms with Gasteiger partial charge in [0.15, 0.2) is 0 Å². The predicted octanol–water partition coefficient (Wildman–Crippen LogP) is 2.48. The van der Waals surface area contributed by atoms with Crippen LogP contribution in [0.2, 0.25) is 0 Å². The van der Waals surface area contributed by atoms with Crippen LogP contribution in [0.3, 0.4) is 0 Å². The van der Waals surface area contributed by atoms with Crippen molar-refractivity contribution in [2.45, 2.75) is 52.0 Å². The Bertz CT molecular complexity index is 162. The van der Waals surface area contributed by atoms with E-state index in [2.05, 4.69) is 25.8 Å². The van der Waals surface area contributed by atoms with E-state index < -0.39 is 0 Å². The SMILES string of the molecule is CC(C)C(N)CN(C)CC1CCCCC1. The maximum absolute atomic E-state index is 6.08. The molecule has 0 amide bonds. The highest BCUT2D eigenvalue weighted by Crippen LogP contribution is 2.24. The van der Waals surface area contributed by atoms with E-state index in [-0.39, 0.29) is 0 Å². The molecule has 1 unspecified atom stereocenters. The first-order valence-corrected chi connectivity index (χ1v) is 6.53. The first-order valence-electron chi connectivity index (χ1n) is 6.53. The molecular weight excluding hydrogens is 184 g/mol. The molecule has 1 saturated carbocycles. The molecule has 1 aliphatic rings. The van der Waals surface area contributed by atoms with E-state index in [1.54, 1.807) is 0 Å². The Morgan fingerprint density at radius 3 is 2.33 bits per heavy atom. The van der Waals surface area contributed by atoms with Gasteiger partial charge in [0.2, 0.25) is 0 Å². The predicted molar refractivity (Wildman–Crippen MR) is 66.9 cm³/mol. The fourth-order valence-corrected chi connectivity index (χ4v) is 2.46. The van der Waals surface area contributed by atoms with Gasteiger partial charge in [-0.05, 0) is 31.7 Å². The van der Waals surface area contributed by atoms with Gasteiger partial charge in [-0.25, -0.2) is 0 Å². The largest absolute Gasteiger partial charge is 0.326 e. The van der Waals surface area contributed by atoms with Crippen molar-refractivity contribution in [2.75, 3.05) is 20.1 Å². The molecule has 15 heavy (non-hydrogen) atoms. The van der Waals surface area contributed by atoms with E-state index in [4.69, 9.17) is 5.73 Å². The molecule has 0 aromatic heterocycles. The van der Waals surface area contributed by atoms with Crippen LogP contribution in [0.4, 0.5) is 0 Å². The average Bonchev–Trinajstić information content (AvgIpc) is 2.18. The zero-order chi connectivity index (χ0) is 11.3. The maximum atomic E-state index is 6.08. The summed E-state index contributed by atoms with van der Waals surface area (Å²) in [6.45, 7) is 6.72. The number of hydrogen-bond acceptors (Lipinski definition) is 2. The molecule has 0 aromatic rings. The lowest BCUT2D eigenvalue weighted by atomic mass is 9.89. The summed E-state index contributed by atoms with van der Waals surface area (Å²) in [5.74, 6) is 1.53. The Balaban J connectivity index is 2.19. The van der Waals surface area contributed by atoms with E-state index in [1.165, 1.54) is 38.6 Å². The number of nitrogens with zero attached hydrogens (tertiary/aromatic N) is 1. The van der Waals surface area contributed by atoms with Crippen LogP contribution in [-0.2, 0) is 0 Å². The standard InChI is InChI=1S/C13H28N2/c1-11(2)13(14)10-15(3)9-12-7-5-4-6-8-12/h11-13H,4-10,14H2,1-3H3. The van der Waals surface area contributed by atoms with E-state index in [0.29, 0.717) is 12.0 Å². The van der Waals surface area contributed by atoms with Crippen LogP contribution in [0, 0.1) is 11.8 Å². The number of nitrogens with two attached hydrogens (primary N) is 1. The van der Waals surface area contributed by atoms with Crippen molar-refractivity contribution in [3.63, 3.8) is 0 Å². The average molecular weight is 212 g/mol. The van der Waals surface area contributed by atoms with E-state index in [9.17, 15) is 0 Å². The molecule has 1 fully saturated rings. The maximum Gasteiger partial charge on any atom is 0.0191 e. The Labute approximate surface area is 95.2 Å².